The van der Waals surface area contributed by atoms with Gasteiger partial charge in [0.05, 0.1) is 23.2 Å². The van der Waals surface area contributed by atoms with E-state index in [-0.39, 0.29) is 23.5 Å². The second kappa shape index (κ2) is 5.55. The Kier molecular flexibility index (Phi) is 4.59. The number of aromatic nitrogens is 1. The minimum Gasteiger partial charge on any atom is -0.394 e. The van der Waals surface area contributed by atoms with Crippen LogP contribution in [0.4, 0.5) is 19.0 Å². The maximum Gasteiger partial charge on any atom is 0.417 e. The topological polar surface area (TPSA) is 45.1 Å². The van der Waals surface area contributed by atoms with E-state index in [1.165, 1.54) is 0 Å². The second-order valence-electron chi connectivity index (χ2n) is 3.48. The van der Waals surface area contributed by atoms with E-state index < -0.39 is 11.7 Å². The molecule has 0 spiro atoms. The summed E-state index contributed by atoms with van der Waals surface area (Å²) in [5.41, 5.74) is -0.898. The van der Waals surface area contributed by atoms with Gasteiger partial charge in [0.1, 0.15) is 5.82 Å². The summed E-state index contributed by atoms with van der Waals surface area (Å²) in [7, 11) is 0. The summed E-state index contributed by atoms with van der Waals surface area (Å²) in [6, 6.07) is 0.526. The normalized spacial score (nSPS) is 13.5. The van der Waals surface area contributed by atoms with Crippen molar-refractivity contribution in [2.45, 2.75) is 25.6 Å². The number of aliphatic hydroxyl groups excluding tert-OH is 1. The third kappa shape index (κ3) is 3.74. The summed E-state index contributed by atoms with van der Waals surface area (Å²) in [6.45, 7) is 1.68. The smallest absolute Gasteiger partial charge is 0.394 e. The van der Waals surface area contributed by atoms with E-state index >= 15 is 0 Å². The molecule has 1 heterocycles. The van der Waals surface area contributed by atoms with E-state index in [4.69, 9.17) is 16.7 Å². The predicted molar refractivity (Wildman–Crippen MR) is 59.0 cm³/mol. The average Bonchev–Trinajstić information content (AvgIpc) is 2.26. The van der Waals surface area contributed by atoms with Crippen LogP contribution < -0.4 is 5.32 Å². The number of alkyl halides is 3. The van der Waals surface area contributed by atoms with E-state index in [0.717, 1.165) is 6.07 Å². The molecule has 1 rings (SSSR count). The van der Waals surface area contributed by atoms with Gasteiger partial charge in [-0.15, -0.1) is 0 Å². The van der Waals surface area contributed by atoms with Gasteiger partial charge in [-0.05, 0) is 12.5 Å². The summed E-state index contributed by atoms with van der Waals surface area (Å²) < 4.78 is 37.0. The third-order valence-corrected chi connectivity index (χ3v) is 2.51. The Morgan fingerprint density at radius 3 is 2.59 bits per heavy atom. The first-order valence-electron chi connectivity index (χ1n) is 4.98. The number of hydrogen-bond acceptors (Lipinski definition) is 3. The van der Waals surface area contributed by atoms with Crippen LogP contribution in [-0.4, -0.2) is 22.7 Å². The zero-order valence-corrected chi connectivity index (χ0v) is 9.81. The molecule has 0 aromatic carbocycles. The van der Waals surface area contributed by atoms with Crippen molar-refractivity contribution in [3.05, 3.63) is 22.8 Å². The van der Waals surface area contributed by atoms with Crippen molar-refractivity contribution < 1.29 is 18.3 Å². The highest BCUT2D eigenvalue weighted by atomic mass is 35.5. The monoisotopic (exact) mass is 268 g/mol. The fourth-order valence-electron chi connectivity index (χ4n) is 1.17. The van der Waals surface area contributed by atoms with Crippen molar-refractivity contribution >= 4 is 17.4 Å². The first-order valence-corrected chi connectivity index (χ1v) is 5.36. The molecule has 1 aromatic rings. The predicted octanol–water partition coefficient (Wildman–Crippen LogP) is 2.94. The molecule has 1 aromatic heterocycles. The van der Waals surface area contributed by atoms with Crippen LogP contribution in [0.5, 0.6) is 0 Å². The zero-order chi connectivity index (χ0) is 13.1. The van der Waals surface area contributed by atoms with Gasteiger partial charge in [-0.25, -0.2) is 4.98 Å². The fourth-order valence-corrected chi connectivity index (χ4v) is 1.39. The molecule has 0 saturated heterocycles. The maximum atomic E-state index is 12.3. The van der Waals surface area contributed by atoms with E-state index in [0.29, 0.717) is 12.6 Å². The van der Waals surface area contributed by atoms with Crippen LogP contribution in [0.1, 0.15) is 18.9 Å². The minimum absolute atomic E-state index is 0.119. The molecule has 0 radical (unpaired) electrons. The van der Waals surface area contributed by atoms with Crippen LogP contribution in [0.3, 0.4) is 0 Å². The summed E-state index contributed by atoms with van der Waals surface area (Å²) in [6.07, 6.45) is -3.15. The van der Waals surface area contributed by atoms with Gasteiger partial charge in [0, 0.05) is 6.20 Å². The van der Waals surface area contributed by atoms with Gasteiger partial charge in [-0.1, -0.05) is 18.5 Å². The summed E-state index contributed by atoms with van der Waals surface area (Å²) >= 11 is 5.69. The summed E-state index contributed by atoms with van der Waals surface area (Å²) in [4.78, 5) is 3.61. The molecule has 0 bridgehead atoms. The Bertz CT molecular complexity index is 380. The van der Waals surface area contributed by atoms with E-state index in [1.807, 2.05) is 6.92 Å². The Labute approximate surface area is 102 Å². The number of aliphatic hydroxyl groups is 1. The number of hydrogen-bond donors (Lipinski definition) is 2. The highest BCUT2D eigenvalue weighted by molar-refractivity contribution is 6.32. The zero-order valence-electron chi connectivity index (χ0n) is 9.05. The molecule has 1 atom stereocenters. The number of nitrogens with zero attached hydrogens (tertiary/aromatic N) is 1. The van der Waals surface area contributed by atoms with Crippen LogP contribution in [0.25, 0.3) is 0 Å². The van der Waals surface area contributed by atoms with Gasteiger partial charge in [0.25, 0.3) is 0 Å². The highest BCUT2D eigenvalue weighted by Crippen LogP contribution is 2.32. The second-order valence-corrected chi connectivity index (χ2v) is 3.89. The summed E-state index contributed by atoms with van der Waals surface area (Å²) in [5.74, 6) is 0.139. The molecule has 17 heavy (non-hydrogen) atoms. The van der Waals surface area contributed by atoms with Crippen LogP contribution in [-0.2, 0) is 6.18 Å². The number of halogens is 4. The van der Waals surface area contributed by atoms with Gasteiger partial charge < -0.3 is 10.4 Å². The van der Waals surface area contributed by atoms with Crippen LogP contribution in [0, 0.1) is 0 Å². The van der Waals surface area contributed by atoms with Crippen molar-refractivity contribution in [3.8, 4) is 0 Å². The van der Waals surface area contributed by atoms with E-state index in [2.05, 4.69) is 10.3 Å². The number of rotatable bonds is 4. The van der Waals surface area contributed by atoms with Gasteiger partial charge >= 0.3 is 6.18 Å². The molecular weight excluding hydrogens is 257 g/mol. The van der Waals surface area contributed by atoms with E-state index in [1.54, 1.807) is 0 Å². The third-order valence-electron chi connectivity index (χ3n) is 2.22. The van der Waals surface area contributed by atoms with Crippen LogP contribution >= 0.6 is 11.6 Å². The Morgan fingerprint density at radius 1 is 1.53 bits per heavy atom. The van der Waals surface area contributed by atoms with Gasteiger partial charge in [0.15, 0.2) is 0 Å². The molecule has 0 aliphatic heterocycles. The number of pyridine rings is 1. The molecule has 0 unspecified atom stereocenters. The maximum absolute atomic E-state index is 12.3. The molecule has 96 valence electrons. The van der Waals surface area contributed by atoms with Gasteiger partial charge in [-0.3, -0.25) is 0 Å². The van der Waals surface area contributed by atoms with Crippen molar-refractivity contribution in [1.29, 1.82) is 0 Å². The highest BCUT2D eigenvalue weighted by Gasteiger charge is 2.31. The quantitative estimate of drug-likeness (QED) is 0.882. The Balaban J connectivity index is 2.90. The lowest BCUT2D eigenvalue weighted by Gasteiger charge is -2.16. The SMILES string of the molecule is CC[C@@H](CO)Nc1ncc(C(F)(F)F)cc1Cl. The van der Waals surface area contributed by atoms with Crippen molar-refractivity contribution in [2.75, 3.05) is 11.9 Å². The first-order chi connectivity index (χ1) is 7.88. The van der Waals surface area contributed by atoms with Crippen LogP contribution in [0.15, 0.2) is 12.3 Å². The molecule has 2 N–H and O–H groups in total. The number of nitrogens with one attached hydrogen (secondary N) is 1. The minimum atomic E-state index is -4.46. The molecule has 0 fully saturated rings. The molecule has 0 amide bonds. The van der Waals surface area contributed by atoms with Crippen LogP contribution in [0.2, 0.25) is 5.02 Å². The largest absolute Gasteiger partial charge is 0.417 e. The lowest BCUT2D eigenvalue weighted by atomic mass is 10.2. The molecule has 7 heteroatoms. The fraction of sp³-hybridized carbons (Fsp3) is 0.500. The molecule has 0 saturated carbocycles. The van der Waals surface area contributed by atoms with Crippen molar-refractivity contribution in [1.82, 2.24) is 4.98 Å². The van der Waals surface area contributed by atoms with Gasteiger partial charge in [-0.2, -0.15) is 13.2 Å². The lowest BCUT2D eigenvalue weighted by Crippen LogP contribution is -2.23. The standard InChI is InChI=1S/C10H12ClF3N2O/c1-2-7(5-17)16-9-8(11)3-6(4-15-9)10(12,13)14/h3-4,7,17H,2,5H2,1H3,(H,15,16)/t7-/m0/s1. The average molecular weight is 269 g/mol. The molecule has 0 aliphatic carbocycles. The van der Waals surface area contributed by atoms with Gasteiger partial charge in [0.2, 0.25) is 0 Å². The Hall–Kier alpha value is -1.01. The van der Waals surface area contributed by atoms with E-state index in [9.17, 15) is 13.2 Å². The first kappa shape index (κ1) is 14.1. The number of anilines is 1. The van der Waals surface area contributed by atoms with Crippen molar-refractivity contribution in [3.63, 3.8) is 0 Å². The lowest BCUT2D eigenvalue weighted by molar-refractivity contribution is -0.137. The summed E-state index contributed by atoms with van der Waals surface area (Å²) in [5, 5.41) is 11.6. The molecule has 3 nitrogen and oxygen atoms in total. The molecular formula is C10H12ClF3N2O. The Morgan fingerprint density at radius 2 is 2.18 bits per heavy atom. The van der Waals surface area contributed by atoms with Crippen molar-refractivity contribution in [2.24, 2.45) is 0 Å². The molecule has 0 aliphatic rings.